The van der Waals surface area contributed by atoms with Gasteiger partial charge in [-0.2, -0.15) is 0 Å². The van der Waals surface area contributed by atoms with Gasteiger partial charge in [0.05, 0.1) is 6.54 Å². The summed E-state index contributed by atoms with van der Waals surface area (Å²) in [5.74, 6) is 0.917. The third-order valence-corrected chi connectivity index (χ3v) is 3.99. The molecule has 1 saturated carbocycles. The fourth-order valence-electron chi connectivity index (χ4n) is 3.23. The fourth-order valence-corrected chi connectivity index (χ4v) is 3.23. The predicted octanol–water partition coefficient (Wildman–Crippen LogP) is 1.52. The number of carbonyl (C=O) groups excluding carboxylic acids is 1. The highest BCUT2D eigenvalue weighted by Gasteiger charge is 2.34. The molecule has 2 aliphatic rings. The van der Waals surface area contributed by atoms with E-state index in [-0.39, 0.29) is 12.5 Å². The number of carbonyl (C=O) groups is 1. The maximum Gasteiger partial charge on any atom is 0.236 e. The lowest BCUT2D eigenvalue weighted by Crippen LogP contribution is -2.43. The van der Waals surface area contributed by atoms with Gasteiger partial charge in [0.25, 0.3) is 0 Å². The van der Waals surface area contributed by atoms with E-state index in [2.05, 4.69) is 4.90 Å². The van der Waals surface area contributed by atoms with E-state index in [1.165, 1.54) is 44.9 Å². The fraction of sp³-hybridized carbons (Fsp3) is 0.917. The Morgan fingerprint density at radius 1 is 1.13 bits per heavy atom. The van der Waals surface area contributed by atoms with Crippen molar-refractivity contribution in [2.75, 3.05) is 13.1 Å². The second kappa shape index (κ2) is 4.97. The molecule has 0 aromatic heterocycles. The van der Waals surface area contributed by atoms with Crippen molar-refractivity contribution in [3.05, 3.63) is 0 Å². The second-order valence-electron chi connectivity index (χ2n) is 4.90. The van der Waals surface area contributed by atoms with Crippen molar-refractivity contribution >= 4 is 5.91 Å². The van der Waals surface area contributed by atoms with E-state index in [9.17, 15) is 4.79 Å². The standard InChI is InChI=1S/C12H22N2O/c13-9-12(15)14-8-4-7-11(14)10-5-2-1-3-6-10/h10-11H,1-9,13H2. The van der Waals surface area contributed by atoms with Gasteiger partial charge in [-0.15, -0.1) is 0 Å². The highest BCUT2D eigenvalue weighted by atomic mass is 16.2. The molecule has 3 nitrogen and oxygen atoms in total. The zero-order chi connectivity index (χ0) is 10.7. The maximum atomic E-state index is 11.7. The van der Waals surface area contributed by atoms with Crippen molar-refractivity contribution in [3.63, 3.8) is 0 Å². The first-order valence-electron chi connectivity index (χ1n) is 6.32. The van der Waals surface area contributed by atoms with E-state index < -0.39 is 0 Å². The summed E-state index contributed by atoms with van der Waals surface area (Å²) in [6, 6.07) is 0.515. The molecule has 2 fully saturated rings. The summed E-state index contributed by atoms with van der Waals surface area (Å²) in [5, 5.41) is 0. The molecule has 2 N–H and O–H groups in total. The minimum atomic E-state index is 0.156. The van der Waals surface area contributed by atoms with E-state index >= 15 is 0 Å². The molecule has 3 heteroatoms. The molecule has 0 spiro atoms. The zero-order valence-electron chi connectivity index (χ0n) is 9.45. The molecule has 1 aliphatic heterocycles. The monoisotopic (exact) mass is 210 g/mol. The van der Waals surface area contributed by atoms with Crippen molar-refractivity contribution in [3.8, 4) is 0 Å². The van der Waals surface area contributed by atoms with Gasteiger partial charge in [-0.05, 0) is 31.6 Å². The molecule has 0 aromatic carbocycles. The van der Waals surface area contributed by atoms with Crippen LogP contribution in [-0.2, 0) is 4.79 Å². The first-order chi connectivity index (χ1) is 7.33. The second-order valence-corrected chi connectivity index (χ2v) is 4.90. The van der Waals surface area contributed by atoms with E-state index in [4.69, 9.17) is 5.73 Å². The van der Waals surface area contributed by atoms with E-state index in [1.807, 2.05) is 0 Å². The van der Waals surface area contributed by atoms with Crippen LogP contribution in [0.4, 0.5) is 0 Å². The van der Waals surface area contributed by atoms with Crippen LogP contribution >= 0.6 is 0 Å². The summed E-state index contributed by atoms with van der Waals surface area (Å²) in [4.78, 5) is 13.7. The summed E-state index contributed by atoms with van der Waals surface area (Å²) in [6.45, 7) is 1.13. The number of nitrogens with zero attached hydrogens (tertiary/aromatic N) is 1. The highest BCUT2D eigenvalue weighted by molar-refractivity contribution is 5.78. The Morgan fingerprint density at radius 2 is 1.87 bits per heavy atom. The predicted molar refractivity (Wildman–Crippen MR) is 60.4 cm³/mol. The Bertz CT molecular complexity index is 224. The van der Waals surface area contributed by atoms with Crippen LogP contribution in [0.2, 0.25) is 0 Å². The Balaban J connectivity index is 1.97. The van der Waals surface area contributed by atoms with E-state index in [0.717, 1.165) is 12.5 Å². The average molecular weight is 210 g/mol. The molecule has 1 heterocycles. The first kappa shape index (κ1) is 10.9. The molecule has 1 unspecified atom stereocenters. The molecule has 1 aliphatic carbocycles. The molecule has 1 saturated heterocycles. The van der Waals surface area contributed by atoms with Gasteiger partial charge in [-0.3, -0.25) is 4.79 Å². The zero-order valence-corrected chi connectivity index (χ0v) is 9.45. The van der Waals surface area contributed by atoms with Crippen LogP contribution in [0.1, 0.15) is 44.9 Å². The number of likely N-dealkylation sites (tertiary alicyclic amines) is 1. The number of rotatable bonds is 2. The maximum absolute atomic E-state index is 11.7. The van der Waals surface area contributed by atoms with Gasteiger partial charge in [0.15, 0.2) is 0 Å². The summed E-state index contributed by atoms with van der Waals surface area (Å²) in [6.07, 6.45) is 9.10. The van der Waals surface area contributed by atoms with Crippen LogP contribution in [0.25, 0.3) is 0 Å². The van der Waals surface area contributed by atoms with Crippen LogP contribution in [0.15, 0.2) is 0 Å². The third-order valence-electron chi connectivity index (χ3n) is 3.99. The molecule has 1 amide bonds. The van der Waals surface area contributed by atoms with Gasteiger partial charge in [-0.25, -0.2) is 0 Å². The number of hydrogen-bond donors (Lipinski definition) is 1. The van der Waals surface area contributed by atoms with Crippen molar-refractivity contribution < 1.29 is 4.79 Å². The lowest BCUT2D eigenvalue weighted by molar-refractivity contribution is -0.131. The number of nitrogens with two attached hydrogens (primary N) is 1. The Hall–Kier alpha value is -0.570. The van der Waals surface area contributed by atoms with Crippen LogP contribution in [0.3, 0.4) is 0 Å². The molecule has 2 rings (SSSR count). The normalized spacial score (nSPS) is 28.3. The van der Waals surface area contributed by atoms with Gasteiger partial charge in [0.1, 0.15) is 0 Å². The molecular weight excluding hydrogens is 188 g/mol. The molecule has 0 bridgehead atoms. The van der Waals surface area contributed by atoms with Crippen LogP contribution in [0.5, 0.6) is 0 Å². The molecule has 0 radical (unpaired) electrons. The van der Waals surface area contributed by atoms with Crippen LogP contribution in [0, 0.1) is 5.92 Å². The first-order valence-corrected chi connectivity index (χ1v) is 6.32. The average Bonchev–Trinajstić information content (AvgIpc) is 2.78. The number of amides is 1. The number of hydrogen-bond acceptors (Lipinski definition) is 2. The SMILES string of the molecule is NCC(=O)N1CCCC1C1CCCCC1. The quantitative estimate of drug-likeness (QED) is 0.751. The minimum Gasteiger partial charge on any atom is -0.338 e. The molecule has 0 aromatic rings. The highest BCUT2D eigenvalue weighted by Crippen LogP contribution is 2.34. The van der Waals surface area contributed by atoms with Gasteiger partial charge in [0, 0.05) is 12.6 Å². The smallest absolute Gasteiger partial charge is 0.236 e. The Morgan fingerprint density at radius 3 is 2.53 bits per heavy atom. The van der Waals surface area contributed by atoms with Gasteiger partial charge in [-0.1, -0.05) is 19.3 Å². The minimum absolute atomic E-state index is 0.156. The van der Waals surface area contributed by atoms with Crippen molar-refractivity contribution in [1.82, 2.24) is 4.90 Å². The topological polar surface area (TPSA) is 46.3 Å². The molecular formula is C12H22N2O. The van der Waals surface area contributed by atoms with Crippen LogP contribution in [-0.4, -0.2) is 29.9 Å². The van der Waals surface area contributed by atoms with Crippen molar-refractivity contribution in [2.45, 2.75) is 51.0 Å². The molecule has 86 valence electrons. The van der Waals surface area contributed by atoms with E-state index in [0.29, 0.717) is 6.04 Å². The van der Waals surface area contributed by atoms with Crippen molar-refractivity contribution in [2.24, 2.45) is 11.7 Å². The largest absolute Gasteiger partial charge is 0.338 e. The van der Waals surface area contributed by atoms with Crippen molar-refractivity contribution in [1.29, 1.82) is 0 Å². The lowest BCUT2D eigenvalue weighted by atomic mass is 9.83. The summed E-state index contributed by atoms with van der Waals surface area (Å²) in [5.41, 5.74) is 5.45. The summed E-state index contributed by atoms with van der Waals surface area (Å²) < 4.78 is 0. The Labute approximate surface area is 92.0 Å². The van der Waals surface area contributed by atoms with Gasteiger partial charge in [0.2, 0.25) is 5.91 Å². The van der Waals surface area contributed by atoms with Gasteiger partial charge >= 0.3 is 0 Å². The Kier molecular flexibility index (Phi) is 3.62. The summed E-state index contributed by atoms with van der Waals surface area (Å²) in [7, 11) is 0. The lowest BCUT2D eigenvalue weighted by Gasteiger charge is -2.33. The van der Waals surface area contributed by atoms with Gasteiger partial charge < -0.3 is 10.6 Å². The summed E-state index contributed by atoms with van der Waals surface area (Å²) >= 11 is 0. The molecule has 1 atom stereocenters. The molecule has 15 heavy (non-hydrogen) atoms. The third kappa shape index (κ3) is 2.33. The van der Waals surface area contributed by atoms with E-state index in [1.54, 1.807) is 0 Å². The van der Waals surface area contributed by atoms with Crippen LogP contribution < -0.4 is 5.73 Å².